The van der Waals surface area contributed by atoms with E-state index in [2.05, 4.69) is 15.9 Å². The molecule has 13 heavy (non-hydrogen) atoms. The van der Waals surface area contributed by atoms with Crippen molar-refractivity contribution in [1.82, 2.24) is 0 Å². The van der Waals surface area contributed by atoms with E-state index >= 15 is 0 Å². The first-order chi connectivity index (χ1) is 5.88. The highest BCUT2D eigenvalue weighted by Crippen LogP contribution is 2.41. The van der Waals surface area contributed by atoms with Crippen LogP contribution in [-0.2, 0) is 10.7 Å². The highest BCUT2D eigenvalue weighted by molar-refractivity contribution is 9.10. The maximum atomic E-state index is 10.7. The van der Waals surface area contributed by atoms with Gasteiger partial charge in [-0.1, -0.05) is 33.6 Å². The highest BCUT2D eigenvalue weighted by atomic mass is 79.9. The van der Waals surface area contributed by atoms with Crippen LogP contribution in [0.3, 0.4) is 0 Å². The Morgan fingerprint density at radius 1 is 1.46 bits per heavy atom. The van der Waals surface area contributed by atoms with Crippen molar-refractivity contribution in [2.24, 2.45) is 0 Å². The fourth-order valence-corrected chi connectivity index (χ4v) is 2.42. The Bertz CT molecular complexity index is 363. The Balaban J connectivity index is 2.97. The fourth-order valence-electron chi connectivity index (χ4n) is 0.872. The van der Waals surface area contributed by atoms with E-state index in [1.54, 1.807) is 18.2 Å². The van der Waals surface area contributed by atoms with E-state index in [0.29, 0.717) is 10.6 Å². The monoisotopic (exact) mass is 284 g/mol. The van der Waals surface area contributed by atoms with Crippen molar-refractivity contribution in [3.63, 3.8) is 0 Å². The molecule has 1 rings (SSSR count). The molecule has 2 N–H and O–H groups in total. The van der Waals surface area contributed by atoms with Crippen LogP contribution in [0.2, 0.25) is 5.02 Å². The quantitative estimate of drug-likeness (QED) is 0.822. The van der Waals surface area contributed by atoms with Crippen LogP contribution in [0, 0.1) is 0 Å². The predicted molar refractivity (Wildman–Crippen MR) is 54.9 cm³/mol. The average Bonchev–Trinajstić information content (AvgIpc) is 1.93. The van der Waals surface area contributed by atoms with Crippen LogP contribution in [-0.4, -0.2) is 9.79 Å². The minimum atomic E-state index is -4.03. The minimum absolute atomic E-state index is 0.320. The zero-order valence-corrected chi connectivity index (χ0v) is 9.68. The Labute approximate surface area is 89.0 Å². The molecule has 72 valence electrons. The summed E-state index contributed by atoms with van der Waals surface area (Å²) in [5.41, 5.74) is 0.457. The molecule has 6 heteroatoms. The van der Waals surface area contributed by atoms with E-state index in [4.69, 9.17) is 21.4 Å². The molecule has 0 heterocycles. The van der Waals surface area contributed by atoms with Gasteiger partial charge in [0.1, 0.15) is 0 Å². The Hall–Kier alpha value is 0.140. The lowest BCUT2D eigenvalue weighted by molar-refractivity contribution is 0.371. The SMILES string of the molecule is O=P(O)(O)Cc1ccc(Br)cc1Cl. The Morgan fingerprint density at radius 2 is 2.08 bits per heavy atom. The van der Waals surface area contributed by atoms with E-state index in [0.717, 1.165) is 4.47 Å². The lowest BCUT2D eigenvalue weighted by atomic mass is 10.2. The molecule has 0 saturated carbocycles. The van der Waals surface area contributed by atoms with Crippen LogP contribution in [0.5, 0.6) is 0 Å². The van der Waals surface area contributed by atoms with Gasteiger partial charge in [0.25, 0.3) is 0 Å². The number of hydrogen-bond acceptors (Lipinski definition) is 1. The maximum Gasteiger partial charge on any atom is 0.329 e. The summed E-state index contributed by atoms with van der Waals surface area (Å²) in [5, 5.41) is 0.359. The van der Waals surface area contributed by atoms with Gasteiger partial charge in [0.2, 0.25) is 0 Å². The Kier molecular flexibility index (Phi) is 3.55. The molecule has 1 aromatic rings. The summed E-state index contributed by atoms with van der Waals surface area (Å²) in [6, 6.07) is 4.88. The number of hydrogen-bond donors (Lipinski definition) is 2. The van der Waals surface area contributed by atoms with Crippen LogP contribution in [0.1, 0.15) is 5.56 Å². The molecule has 0 fully saturated rings. The van der Waals surface area contributed by atoms with Gasteiger partial charge in [0.05, 0.1) is 6.16 Å². The number of rotatable bonds is 2. The van der Waals surface area contributed by atoms with E-state index in [9.17, 15) is 4.57 Å². The molecule has 0 amide bonds. The van der Waals surface area contributed by atoms with Crippen molar-refractivity contribution in [2.75, 3.05) is 0 Å². The molecule has 0 bridgehead atoms. The first-order valence-corrected chi connectivity index (χ1v) is 6.34. The molecule has 0 spiro atoms. The predicted octanol–water partition coefficient (Wildman–Crippen LogP) is 2.78. The van der Waals surface area contributed by atoms with E-state index < -0.39 is 7.60 Å². The summed E-state index contributed by atoms with van der Waals surface area (Å²) in [5.74, 6) is 0. The topological polar surface area (TPSA) is 57.5 Å². The molecular formula is C7H7BrClO3P. The van der Waals surface area contributed by atoms with Gasteiger partial charge in [0.15, 0.2) is 0 Å². The second-order valence-corrected chi connectivity index (χ2v) is 5.53. The molecule has 0 aliphatic heterocycles. The molecule has 0 unspecified atom stereocenters. The summed E-state index contributed by atoms with van der Waals surface area (Å²) < 4.78 is 11.4. The van der Waals surface area contributed by atoms with Crippen molar-refractivity contribution in [2.45, 2.75) is 6.16 Å². The third-order valence-electron chi connectivity index (χ3n) is 1.39. The van der Waals surface area contributed by atoms with Gasteiger partial charge in [-0.3, -0.25) is 4.57 Å². The van der Waals surface area contributed by atoms with Crippen molar-refractivity contribution >= 4 is 35.1 Å². The Morgan fingerprint density at radius 3 is 2.54 bits per heavy atom. The van der Waals surface area contributed by atoms with Crippen LogP contribution in [0.4, 0.5) is 0 Å². The molecule has 0 aliphatic carbocycles. The van der Waals surface area contributed by atoms with Gasteiger partial charge < -0.3 is 9.79 Å². The molecule has 1 aromatic carbocycles. The molecule has 0 radical (unpaired) electrons. The lowest BCUT2D eigenvalue weighted by Gasteiger charge is -2.05. The molecule has 0 aliphatic rings. The van der Waals surface area contributed by atoms with E-state index in [-0.39, 0.29) is 6.16 Å². The van der Waals surface area contributed by atoms with Crippen LogP contribution in [0.25, 0.3) is 0 Å². The van der Waals surface area contributed by atoms with Gasteiger partial charge in [-0.05, 0) is 17.7 Å². The van der Waals surface area contributed by atoms with Crippen molar-refractivity contribution < 1.29 is 14.4 Å². The van der Waals surface area contributed by atoms with Gasteiger partial charge in [0, 0.05) is 9.50 Å². The van der Waals surface area contributed by atoms with E-state index in [1.807, 2.05) is 0 Å². The zero-order chi connectivity index (χ0) is 10.1. The van der Waals surface area contributed by atoms with Gasteiger partial charge in [-0.25, -0.2) is 0 Å². The summed E-state index contributed by atoms with van der Waals surface area (Å²) in [7, 11) is -4.03. The second kappa shape index (κ2) is 4.11. The van der Waals surface area contributed by atoms with Crippen molar-refractivity contribution in [1.29, 1.82) is 0 Å². The standard InChI is InChI=1S/C7H7BrClO3P/c8-6-2-1-5(7(9)3-6)4-13(10,11)12/h1-3H,4H2,(H2,10,11,12). The smallest absolute Gasteiger partial charge is 0.324 e. The first kappa shape index (κ1) is 11.2. The molecule has 0 saturated heterocycles. The third kappa shape index (κ3) is 3.79. The summed E-state index contributed by atoms with van der Waals surface area (Å²) in [4.78, 5) is 17.4. The summed E-state index contributed by atoms with van der Waals surface area (Å²) in [6.07, 6.45) is -0.320. The van der Waals surface area contributed by atoms with Gasteiger partial charge in [-0.2, -0.15) is 0 Å². The fraction of sp³-hybridized carbons (Fsp3) is 0.143. The highest BCUT2D eigenvalue weighted by Gasteiger charge is 2.15. The summed E-state index contributed by atoms with van der Waals surface area (Å²) >= 11 is 8.96. The maximum absolute atomic E-state index is 10.7. The lowest BCUT2D eigenvalue weighted by Crippen LogP contribution is -1.87. The minimum Gasteiger partial charge on any atom is -0.324 e. The van der Waals surface area contributed by atoms with Crippen molar-refractivity contribution in [3.05, 3.63) is 33.3 Å². The number of benzene rings is 1. The largest absolute Gasteiger partial charge is 0.329 e. The average molecular weight is 285 g/mol. The first-order valence-electron chi connectivity index (χ1n) is 3.37. The van der Waals surface area contributed by atoms with E-state index in [1.165, 1.54) is 0 Å². The molecular weight excluding hydrogens is 278 g/mol. The molecule has 3 nitrogen and oxygen atoms in total. The van der Waals surface area contributed by atoms with Gasteiger partial charge in [-0.15, -0.1) is 0 Å². The molecule has 0 aromatic heterocycles. The zero-order valence-electron chi connectivity index (χ0n) is 6.44. The number of halogens is 2. The van der Waals surface area contributed by atoms with Gasteiger partial charge >= 0.3 is 7.60 Å². The third-order valence-corrected chi connectivity index (χ3v) is 2.99. The normalized spacial score (nSPS) is 11.7. The summed E-state index contributed by atoms with van der Waals surface area (Å²) in [6.45, 7) is 0. The van der Waals surface area contributed by atoms with Crippen LogP contribution >= 0.6 is 35.1 Å². The molecule has 0 atom stereocenters. The van der Waals surface area contributed by atoms with Crippen molar-refractivity contribution in [3.8, 4) is 0 Å². The second-order valence-electron chi connectivity index (χ2n) is 2.56. The van der Waals surface area contributed by atoms with Crippen LogP contribution < -0.4 is 0 Å². The van der Waals surface area contributed by atoms with Crippen LogP contribution in [0.15, 0.2) is 22.7 Å².